The third-order valence-corrected chi connectivity index (χ3v) is 4.87. The standard InChI is InChI=1S/C16H29N5S/c1-4-17-16(18-9-8-14-12-22-13(3)20-14)19-11-15-7-6-10-21(15)5-2/h12,15H,4-11H2,1-3H3,(H2,17,18,19). The maximum atomic E-state index is 4.77. The zero-order valence-electron chi connectivity index (χ0n) is 14.1. The minimum Gasteiger partial charge on any atom is -0.357 e. The predicted molar refractivity (Wildman–Crippen MR) is 94.8 cm³/mol. The van der Waals surface area contributed by atoms with E-state index in [9.17, 15) is 0 Å². The number of nitrogens with one attached hydrogen (secondary N) is 2. The maximum absolute atomic E-state index is 4.77. The van der Waals surface area contributed by atoms with Gasteiger partial charge in [0.05, 0.1) is 17.2 Å². The van der Waals surface area contributed by atoms with Gasteiger partial charge in [-0.1, -0.05) is 6.92 Å². The average molecular weight is 324 g/mol. The molecule has 1 aromatic rings. The Morgan fingerprint density at radius 3 is 3.00 bits per heavy atom. The first-order valence-electron chi connectivity index (χ1n) is 8.40. The summed E-state index contributed by atoms with van der Waals surface area (Å²) < 4.78 is 0. The molecule has 0 bridgehead atoms. The van der Waals surface area contributed by atoms with Crippen LogP contribution in [-0.2, 0) is 6.42 Å². The molecule has 1 aliphatic rings. The highest BCUT2D eigenvalue weighted by molar-refractivity contribution is 7.09. The van der Waals surface area contributed by atoms with Crippen molar-refractivity contribution in [1.82, 2.24) is 20.5 Å². The molecule has 0 aromatic carbocycles. The van der Waals surface area contributed by atoms with E-state index in [1.165, 1.54) is 25.1 Å². The molecule has 0 amide bonds. The van der Waals surface area contributed by atoms with Crippen molar-refractivity contribution < 1.29 is 0 Å². The minimum atomic E-state index is 0.613. The Bertz CT molecular complexity index is 471. The number of likely N-dealkylation sites (N-methyl/N-ethyl adjacent to an activating group) is 1. The van der Waals surface area contributed by atoms with Gasteiger partial charge in [-0.05, 0) is 39.8 Å². The maximum Gasteiger partial charge on any atom is 0.191 e. The zero-order chi connectivity index (χ0) is 15.8. The Hall–Kier alpha value is -1.14. The summed E-state index contributed by atoms with van der Waals surface area (Å²) in [6.45, 7) is 11.4. The minimum absolute atomic E-state index is 0.613. The summed E-state index contributed by atoms with van der Waals surface area (Å²) in [7, 11) is 0. The Balaban J connectivity index is 1.79. The van der Waals surface area contributed by atoms with Gasteiger partial charge < -0.3 is 10.6 Å². The van der Waals surface area contributed by atoms with Gasteiger partial charge in [-0.3, -0.25) is 9.89 Å². The molecule has 0 spiro atoms. The van der Waals surface area contributed by atoms with Crippen LogP contribution in [-0.4, -0.2) is 54.6 Å². The van der Waals surface area contributed by atoms with Crippen LogP contribution in [0.2, 0.25) is 0 Å². The Labute approximate surface area is 138 Å². The summed E-state index contributed by atoms with van der Waals surface area (Å²) in [6, 6.07) is 0.613. The molecule has 1 aliphatic heterocycles. The molecular weight excluding hydrogens is 294 g/mol. The number of hydrogen-bond acceptors (Lipinski definition) is 4. The van der Waals surface area contributed by atoms with E-state index in [1.807, 2.05) is 6.92 Å². The smallest absolute Gasteiger partial charge is 0.191 e. The molecule has 124 valence electrons. The molecule has 1 saturated heterocycles. The van der Waals surface area contributed by atoms with Gasteiger partial charge in [-0.2, -0.15) is 0 Å². The number of rotatable bonds is 7. The molecule has 2 rings (SSSR count). The lowest BCUT2D eigenvalue weighted by Gasteiger charge is -2.21. The Kier molecular flexibility index (Phi) is 7.12. The zero-order valence-corrected chi connectivity index (χ0v) is 14.9. The Morgan fingerprint density at radius 2 is 2.32 bits per heavy atom. The number of aromatic nitrogens is 1. The van der Waals surface area contributed by atoms with Crippen molar-refractivity contribution in [3.8, 4) is 0 Å². The molecule has 6 heteroatoms. The lowest BCUT2D eigenvalue weighted by atomic mass is 10.2. The lowest BCUT2D eigenvalue weighted by molar-refractivity contribution is 0.273. The van der Waals surface area contributed by atoms with Crippen LogP contribution in [0.3, 0.4) is 0 Å². The molecule has 1 fully saturated rings. The van der Waals surface area contributed by atoms with Crippen LogP contribution in [0.25, 0.3) is 0 Å². The third-order valence-electron chi connectivity index (χ3n) is 4.05. The van der Waals surface area contributed by atoms with E-state index in [1.54, 1.807) is 11.3 Å². The Morgan fingerprint density at radius 1 is 1.45 bits per heavy atom. The highest BCUT2D eigenvalue weighted by Gasteiger charge is 2.22. The van der Waals surface area contributed by atoms with E-state index in [4.69, 9.17) is 4.99 Å². The summed E-state index contributed by atoms with van der Waals surface area (Å²) in [5.41, 5.74) is 1.17. The molecule has 0 aliphatic carbocycles. The van der Waals surface area contributed by atoms with Crippen molar-refractivity contribution in [3.63, 3.8) is 0 Å². The molecule has 5 nitrogen and oxygen atoms in total. The van der Waals surface area contributed by atoms with Crippen molar-refractivity contribution in [2.75, 3.05) is 32.7 Å². The number of nitrogens with zero attached hydrogens (tertiary/aromatic N) is 3. The fourth-order valence-electron chi connectivity index (χ4n) is 2.89. The third kappa shape index (κ3) is 5.25. The fraction of sp³-hybridized carbons (Fsp3) is 0.750. The largest absolute Gasteiger partial charge is 0.357 e. The van der Waals surface area contributed by atoms with Gasteiger partial charge in [0.2, 0.25) is 0 Å². The molecular formula is C16H29N5S. The van der Waals surface area contributed by atoms with E-state index >= 15 is 0 Å². The SMILES string of the molecule is CCNC(=NCC1CCCN1CC)NCCc1csc(C)n1. The van der Waals surface area contributed by atoms with Gasteiger partial charge >= 0.3 is 0 Å². The number of guanidine groups is 1. The summed E-state index contributed by atoms with van der Waals surface area (Å²) in [4.78, 5) is 11.8. The number of aliphatic imine (C=N–C) groups is 1. The number of aryl methyl sites for hydroxylation is 1. The monoisotopic (exact) mass is 323 g/mol. The molecule has 2 heterocycles. The molecule has 0 saturated carbocycles. The highest BCUT2D eigenvalue weighted by atomic mass is 32.1. The highest BCUT2D eigenvalue weighted by Crippen LogP contribution is 2.16. The summed E-state index contributed by atoms with van der Waals surface area (Å²) in [6.07, 6.45) is 3.52. The number of thiazole rings is 1. The summed E-state index contributed by atoms with van der Waals surface area (Å²) in [5.74, 6) is 0.928. The molecule has 2 N–H and O–H groups in total. The second-order valence-corrected chi connectivity index (χ2v) is 6.74. The fourth-order valence-corrected chi connectivity index (χ4v) is 3.54. The van der Waals surface area contributed by atoms with Crippen LogP contribution in [0.4, 0.5) is 0 Å². The van der Waals surface area contributed by atoms with E-state index in [2.05, 4.69) is 39.7 Å². The number of hydrogen-bond donors (Lipinski definition) is 2. The van der Waals surface area contributed by atoms with Gasteiger partial charge in [-0.25, -0.2) is 4.98 Å². The van der Waals surface area contributed by atoms with Gasteiger partial charge in [0.1, 0.15) is 0 Å². The van der Waals surface area contributed by atoms with Gasteiger partial charge in [0, 0.05) is 30.9 Å². The van der Waals surface area contributed by atoms with Crippen LogP contribution in [0.1, 0.15) is 37.4 Å². The van der Waals surface area contributed by atoms with Crippen LogP contribution in [0.5, 0.6) is 0 Å². The van der Waals surface area contributed by atoms with E-state index in [-0.39, 0.29) is 0 Å². The molecule has 22 heavy (non-hydrogen) atoms. The second-order valence-electron chi connectivity index (χ2n) is 5.68. The first-order chi connectivity index (χ1) is 10.7. The van der Waals surface area contributed by atoms with Crippen molar-refractivity contribution in [1.29, 1.82) is 0 Å². The van der Waals surface area contributed by atoms with Crippen LogP contribution >= 0.6 is 11.3 Å². The van der Waals surface area contributed by atoms with Crippen LogP contribution in [0.15, 0.2) is 10.4 Å². The molecule has 1 unspecified atom stereocenters. The van der Waals surface area contributed by atoms with Crippen LogP contribution in [0, 0.1) is 6.92 Å². The predicted octanol–water partition coefficient (Wildman–Crippen LogP) is 2.03. The quantitative estimate of drug-likeness (QED) is 0.595. The van der Waals surface area contributed by atoms with E-state index in [0.29, 0.717) is 6.04 Å². The van der Waals surface area contributed by atoms with Crippen molar-refractivity contribution in [2.24, 2.45) is 4.99 Å². The first kappa shape index (κ1) is 17.2. The van der Waals surface area contributed by atoms with Gasteiger partial charge in [0.25, 0.3) is 0 Å². The molecule has 0 radical (unpaired) electrons. The lowest BCUT2D eigenvalue weighted by Crippen LogP contribution is -2.40. The number of likely N-dealkylation sites (tertiary alicyclic amines) is 1. The first-order valence-corrected chi connectivity index (χ1v) is 9.28. The van der Waals surface area contributed by atoms with Crippen LogP contribution < -0.4 is 10.6 Å². The molecule has 1 aromatic heterocycles. The van der Waals surface area contributed by atoms with Crippen molar-refractivity contribution >= 4 is 17.3 Å². The summed E-state index contributed by atoms with van der Waals surface area (Å²) in [5, 5.41) is 10.0. The normalized spacial score (nSPS) is 19.6. The van der Waals surface area contributed by atoms with Crippen molar-refractivity contribution in [2.45, 2.75) is 46.1 Å². The topological polar surface area (TPSA) is 52.6 Å². The second kappa shape index (κ2) is 9.10. The van der Waals surface area contributed by atoms with Crippen molar-refractivity contribution in [3.05, 3.63) is 16.1 Å². The van der Waals surface area contributed by atoms with E-state index in [0.717, 1.165) is 43.6 Å². The van der Waals surface area contributed by atoms with Gasteiger partial charge in [0.15, 0.2) is 5.96 Å². The van der Waals surface area contributed by atoms with E-state index < -0.39 is 0 Å². The average Bonchev–Trinajstić information content (AvgIpc) is 3.13. The summed E-state index contributed by atoms with van der Waals surface area (Å²) >= 11 is 1.71. The van der Waals surface area contributed by atoms with Gasteiger partial charge in [-0.15, -0.1) is 11.3 Å². The molecule has 1 atom stereocenters.